The highest BCUT2D eigenvalue weighted by atomic mass is 32.1. The maximum atomic E-state index is 5.63. The van der Waals surface area contributed by atoms with Gasteiger partial charge in [-0.2, -0.15) is 0 Å². The second-order valence-corrected chi connectivity index (χ2v) is 6.85. The van der Waals surface area contributed by atoms with Crippen LogP contribution >= 0.6 is 11.3 Å². The van der Waals surface area contributed by atoms with Gasteiger partial charge in [0, 0.05) is 16.3 Å². The van der Waals surface area contributed by atoms with E-state index in [0.29, 0.717) is 13.2 Å². The van der Waals surface area contributed by atoms with Crippen molar-refractivity contribution in [1.82, 2.24) is 10.6 Å². The van der Waals surface area contributed by atoms with Crippen molar-refractivity contribution in [2.45, 2.75) is 33.9 Å². The van der Waals surface area contributed by atoms with Gasteiger partial charge in [-0.3, -0.25) is 0 Å². The van der Waals surface area contributed by atoms with Crippen LogP contribution in [0.1, 0.15) is 29.2 Å². The smallest absolute Gasteiger partial charge is 0.191 e. The van der Waals surface area contributed by atoms with Gasteiger partial charge in [-0.25, -0.2) is 4.99 Å². The highest BCUT2D eigenvalue weighted by Crippen LogP contribution is 2.28. The summed E-state index contributed by atoms with van der Waals surface area (Å²) in [6.45, 7) is 8.92. The quantitative estimate of drug-likeness (QED) is 0.556. The summed E-state index contributed by atoms with van der Waals surface area (Å²) in [5.41, 5.74) is 1.08. The second-order valence-electron chi connectivity index (χ2n) is 5.48. The number of nitrogens with zero attached hydrogens (tertiary/aromatic N) is 1. The monoisotopic (exact) mass is 361 g/mol. The molecule has 0 unspecified atom stereocenters. The van der Waals surface area contributed by atoms with Gasteiger partial charge in [-0.05, 0) is 50.6 Å². The molecule has 25 heavy (non-hydrogen) atoms. The first-order valence-corrected chi connectivity index (χ1v) is 9.35. The number of hydrogen-bond acceptors (Lipinski definition) is 4. The molecule has 0 aliphatic heterocycles. The van der Waals surface area contributed by atoms with Crippen LogP contribution in [0.3, 0.4) is 0 Å². The molecule has 0 radical (unpaired) electrons. The lowest BCUT2D eigenvalue weighted by Crippen LogP contribution is -2.36. The third-order valence-corrected chi connectivity index (χ3v) is 4.52. The SMILES string of the molecule is CCNC(=NCc1ccc(OC)c(OCC)c1)NCc1ccc(C)s1. The molecule has 0 aliphatic carbocycles. The van der Waals surface area contributed by atoms with Crippen molar-refractivity contribution in [3.63, 3.8) is 0 Å². The summed E-state index contributed by atoms with van der Waals surface area (Å²) < 4.78 is 10.9. The van der Waals surface area contributed by atoms with Crippen LogP contribution in [-0.2, 0) is 13.1 Å². The van der Waals surface area contributed by atoms with Gasteiger partial charge in [0.1, 0.15) is 0 Å². The molecule has 1 aromatic carbocycles. The Bertz CT molecular complexity index is 698. The third kappa shape index (κ3) is 5.98. The van der Waals surface area contributed by atoms with E-state index in [1.165, 1.54) is 9.75 Å². The van der Waals surface area contributed by atoms with Crippen molar-refractivity contribution in [1.29, 1.82) is 0 Å². The lowest BCUT2D eigenvalue weighted by Gasteiger charge is -2.12. The number of aliphatic imine (C=N–C) groups is 1. The summed E-state index contributed by atoms with van der Waals surface area (Å²) in [6, 6.07) is 10.2. The molecule has 0 bridgehead atoms. The van der Waals surface area contributed by atoms with Crippen molar-refractivity contribution in [3.05, 3.63) is 45.6 Å². The van der Waals surface area contributed by atoms with Gasteiger partial charge in [-0.1, -0.05) is 6.07 Å². The van der Waals surface area contributed by atoms with Gasteiger partial charge in [0.05, 0.1) is 26.8 Å². The fourth-order valence-corrected chi connectivity index (χ4v) is 3.18. The van der Waals surface area contributed by atoms with Gasteiger partial charge in [0.2, 0.25) is 0 Å². The molecule has 0 spiro atoms. The van der Waals surface area contributed by atoms with Gasteiger partial charge in [-0.15, -0.1) is 11.3 Å². The number of benzene rings is 1. The maximum Gasteiger partial charge on any atom is 0.191 e. The van der Waals surface area contributed by atoms with E-state index < -0.39 is 0 Å². The first-order valence-electron chi connectivity index (χ1n) is 8.53. The Kier molecular flexibility index (Phi) is 7.60. The van der Waals surface area contributed by atoms with E-state index in [4.69, 9.17) is 9.47 Å². The summed E-state index contributed by atoms with van der Waals surface area (Å²) in [5.74, 6) is 2.31. The molecule has 0 saturated carbocycles. The van der Waals surface area contributed by atoms with E-state index in [1.54, 1.807) is 18.4 Å². The molecule has 1 aromatic heterocycles. The number of nitrogens with one attached hydrogen (secondary N) is 2. The normalized spacial score (nSPS) is 11.3. The van der Waals surface area contributed by atoms with Crippen LogP contribution in [0.25, 0.3) is 0 Å². The van der Waals surface area contributed by atoms with Crippen LogP contribution in [0.2, 0.25) is 0 Å². The number of hydrogen-bond donors (Lipinski definition) is 2. The average molecular weight is 362 g/mol. The molecule has 0 amide bonds. The minimum Gasteiger partial charge on any atom is -0.493 e. The summed E-state index contributed by atoms with van der Waals surface area (Å²) in [5, 5.41) is 6.66. The highest BCUT2D eigenvalue weighted by molar-refractivity contribution is 7.11. The lowest BCUT2D eigenvalue weighted by molar-refractivity contribution is 0.310. The number of guanidine groups is 1. The van der Waals surface area contributed by atoms with E-state index >= 15 is 0 Å². The molecule has 1 heterocycles. The zero-order chi connectivity index (χ0) is 18.1. The average Bonchev–Trinajstić information content (AvgIpc) is 3.03. The Morgan fingerprint density at radius 3 is 2.60 bits per heavy atom. The van der Waals surface area contributed by atoms with Gasteiger partial charge in [0.25, 0.3) is 0 Å². The van der Waals surface area contributed by atoms with E-state index in [2.05, 4.69) is 41.6 Å². The minimum absolute atomic E-state index is 0.572. The van der Waals surface area contributed by atoms with Crippen molar-refractivity contribution in [2.75, 3.05) is 20.3 Å². The molecule has 0 fully saturated rings. The Labute approximate surface area is 154 Å². The molecule has 0 atom stereocenters. The van der Waals surface area contributed by atoms with Crippen LogP contribution in [0, 0.1) is 6.92 Å². The molecule has 0 saturated heterocycles. The standard InChI is InChI=1S/C19H27N3O2S/c1-5-20-19(22-13-16-9-7-14(3)25-16)21-12-15-8-10-17(23-4)18(11-15)24-6-2/h7-11H,5-6,12-13H2,1-4H3,(H2,20,21,22). The molecule has 136 valence electrons. The molecular formula is C19H27N3O2S. The molecular weight excluding hydrogens is 334 g/mol. The van der Waals surface area contributed by atoms with Crippen LogP contribution in [0.5, 0.6) is 11.5 Å². The summed E-state index contributed by atoms with van der Waals surface area (Å²) in [7, 11) is 1.65. The van der Waals surface area contributed by atoms with Crippen molar-refractivity contribution < 1.29 is 9.47 Å². The van der Waals surface area contributed by atoms with Crippen molar-refractivity contribution >= 4 is 17.3 Å². The van der Waals surface area contributed by atoms with E-state index in [-0.39, 0.29) is 0 Å². The van der Waals surface area contributed by atoms with E-state index in [1.807, 2.05) is 25.1 Å². The van der Waals surface area contributed by atoms with Crippen LogP contribution < -0.4 is 20.1 Å². The molecule has 5 nitrogen and oxygen atoms in total. The summed E-state index contributed by atoms with van der Waals surface area (Å²) >= 11 is 1.80. The third-order valence-electron chi connectivity index (χ3n) is 3.52. The number of methoxy groups -OCH3 is 1. The van der Waals surface area contributed by atoms with Crippen LogP contribution in [0.4, 0.5) is 0 Å². The van der Waals surface area contributed by atoms with Crippen LogP contribution in [-0.4, -0.2) is 26.2 Å². The zero-order valence-corrected chi connectivity index (χ0v) is 16.2. The zero-order valence-electron chi connectivity index (χ0n) is 15.4. The minimum atomic E-state index is 0.572. The number of ether oxygens (including phenoxy) is 2. The van der Waals surface area contributed by atoms with Crippen molar-refractivity contribution in [3.8, 4) is 11.5 Å². The Morgan fingerprint density at radius 1 is 1.12 bits per heavy atom. The molecule has 2 rings (SSSR count). The number of thiophene rings is 1. The molecule has 2 N–H and O–H groups in total. The fraction of sp³-hybridized carbons (Fsp3) is 0.421. The fourth-order valence-electron chi connectivity index (χ4n) is 2.35. The second kappa shape index (κ2) is 9.93. The first-order chi connectivity index (χ1) is 12.2. The van der Waals surface area contributed by atoms with E-state index in [0.717, 1.165) is 36.1 Å². The Morgan fingerprint density at radius 2 is 1.96 bits per heavy atom. The maximum absolute atomic E-state index is 5.63. The predicted molar refractivity (Wildman–Crippen MR) is 105 cm³/mol. The lowest BCUT2D eigenvalue weighted by atomic mass is 10.2. The summed E-state index contributed by atoms with van der Waals surface area (Å²) in [4.78, 5) is 7.28. The predicted octanol–water partition coefficient (Wildman–Crippen LogP) is 3.72. The summed E-state index contributed by atoms with van der Waals surface area (Å²) in [6.07, 6.45) is 0. The van der Waals surface area contributed by atoms with Gasteiger partial charge in [0.15, 0.2) is 17.5 Å². The number of aryl methyl sites for hydroxylation is 1. The van der Waals surface area contributed by atoms with Gasteiger partial charge >= 0.3 is 0 Å². The molecule has 0 aliphatic rings. The van der Waals surface area contributed by atoms with Crippen LogP contribution in [0.15, 0.2) is 35.3 Å². The number of rotatable bonds is 8. The van der Waals surface area contributed by atoms with E-state index in [9.17, 15) is 0 Å². The van der Waals surface area contributed by atoms with Crippen molar-refractivity contribution in [2.24, 2.45) is 4.99 Å². The first kappa shape index (κ1) is 19.1. The molecule has 2 aromatic rings. The topological polar surface area (TPSA) is 54.9 Å². The Hall–Kier alpha value is -2.21. The highest BCUT2D eigenvalue weighted by Gasteiger charge is 2.06. The molecule has 6 heteroatoms. The largest absolute Gasteiger partial charge is 0.493 e. The Balaban J connectivity index is 2.03. The van der Waals surface area contributed by atoms with Gasteiger partial charge < -0.3 is 20.1 Å².